The molecule has 0 aromatic heterocycles. The first-order chi connectivity index (χ1) is 15.5. The molecule has 2 aromatic carbocycles. The molecule has 8 heteroatoms. The van der Waals surface area contributed by atoms with E-state index >= 15 is 0 Å². The number of carbonyl (C=O) groups excluding carboxylic acids is 1. The highest BCUT2D eigenvalue weighted by Gasteiger charge is 2.31. The maximum absolute atomic E-state index is 12.9. The van der Waals surface area contributed by atoms with E-state index in [-0.39, 0.29) is 11.9 Å². The Bertz CT molecular complexity index is 940. The van der Waals surface area contributed by atoms with Crippen LogP contribution in [0, 0.1) is 5.92 Å². The van der Waals surface area contributed by atoms with Crippen LogP contribution in [0.3, 0.4) is 0 Å². The number of hydrogen-bond donors (Lipinski definition) is 1. The number of hydrogen-bond acceptors (Lipinski definition) is 5. The number of piperazine rings is 1. The van der Waals surface area contributed by atoms with Gasteiger partial charge in [-0.2, -0.15) is 5.10 Å². The van der Waals surface area contributed by atoms with E-state index < -0.39 is 0 Å². The van der Waals surface area contributed by atoms with Crippen LogP contribution in [0.4, 0.5) is 10.5 Å². The second kappa shape index (κ2) is 10.3. The molecule has 0 bridgehead atoms. The van der Waals surface area contributed by atoms with Gasteiger partial charge in [-0.25, -0.2) is 9.80 Å². The molecule has 1 fully saturated rings. The lowest BCUT2D eigenvalue weighted by Gasteiger charge is -2.33. The van der Waals surface area contributed by atoms with E-state index in [4.69, 9.17) is 21.4 Å². The first-order valence-corrected chi connectivity index (χ1v) is 11.4. The van der Waals surface area contributed by atoms with Crippen LogP contribution in [0.25, 0.3) is 0 Å². The number of hydrazone groups is 1. The molecule has 1 N–H and O–H groups in total. The number of benzene rings is 2. The van der Waals surface area contributed by atoms with E-state index in [1.165, 1.54) is 0 Å². The summed E-state index contributed by atoms with van der Waals surface area (Å²) in [5.74, 6) is 0.925. The minimum absolute atomic E-state index is 0.178. The topological polar surface area (TPSA) is 60.4 Å². The Hall–Kier alpha value is -2.61. The number of urea groups is 1. The maximum atomic E-state index is 12.9. The predicted octanol–water partition coefficient (Wildman–Crippen LogP) is 3.85. The monoisotopic (exact) mass is 455 g/mol. The van der Waals surface area contributed by atoms with Crippen LogP contribution in [0.15, 0.2) is 53.6 Å². The molecule has 0 saturated carbocycles. The van der Waals surface area contributed by atoms with Gasteiger partial charge in [0.2, 0.25) is 0 Å². The number of amides is 2. The highest BCUT2D eigenvalue weighted by atomic mass is 35.5. The molecule has 0 radical (unpaired) electrons. The van der Waals surface area contributed by atoms with Gasteiger partial charge in [-0.1, -0.05) is 23.7 Å². The predicted molar refractivity (Wildman–Crippen MR) is 129 cm³/mol. The average Bonchev–Trinajstić information content (AvgIpc) is 3.24. The molecular formula is C24H30ClN5O2. The Morgan fingerprint density at radius 3 is 2.44 bits per heavy atom. The summed E-state index contributed by atoms with van der Waals surface area (Å²) in [5, 5.41) is 9.89. The smallest absolute Gasteiger partial charge is 0.342 e. The second-order valence-corrected chi connectivity index (χ2v) is 8.80. The summed E-state index contributed by atoms with van der Waals surface area (Å²) < 4.78 is 5.18. The summed E-state index contributed by atoms with van der Waals surface area (Å²) in [4.78, 5) is 17.8. The standard InChI is InChI=1S/C24H30ClN5O2/c1-28-13-15-29(16-14-28)12-11-19-17-30(27-23(19)18-3-5-20(25)6-4-18)24(31)26-21-7-9-22(32-2)10-8-21/h3-10,19H,11-17H2,1-2H3,(H,26,31). The first kappa shape index (κ1) is 22.6. The number of rotatable bonds is 6. The molecule has 1 unspecified atom stereocenters. The van der Waals surface area contributed by atoms with Crippen molar-refractivity contribution in [3.05, 3.63) is 59.1 Å². The Morgan fingerprint density at radius 2 is 1.78 bits per heavy atom. The maximum Gasteiger partial charge on any atom is 0.342 e. The summed E-state index contributed by atoms with van der Waals surface area (Å²) in [6.07, 6.45) is 0.956. The molecule has 0 spiro atoms. The molecule has 7 nitrogen and oxygen atoms in total. The number of nitrogens with one attached hydrogen (secondary N) is 1. The zero-order valence-corrected chi connectivity index (χ0v) is 19.4. The summed E-state index contributed by atoms with van der Waals surface area (Å²) in [7, 11) is 3.78. The van der Waals surface area contributed by atoms with Gasteiger partial charge >= 0.3 is 6.03 Å². The van der Waals surface area contributed by atoms with Crippen LogP contribution in [-0.2, 0) is 0 Å². The highest BCUT2D eigenvalue weighted by molar-refractivity contribution is 6.30. The van der Waals surface area contributed by atoms with Crippen molar-refractivity contribution in [2.45, 2.75) is 6.42 Å². The number of carbonyl (C=O) groups is 1. The van der Waals surface area contributed by atoms with E-state index in [1.807, 2.05) is 48.5 Å². The highest BCUT2D eigenvalue weighted by Crippen LogP contribution is 2.25. The lowest BCUT2D eigenvalue weighted by molar-refractivity contribution is 0.148. The molecule has 2 amide bonds. The first-order valence-electron chi connectivity index (χ1n) is 11.0. The van der Waals surface area contributed by atoms with Gasteiger partial charge in [-0.05, 0) is 62.0 Å². The van der Waals surface area contributed by atoms with Crippen molar-refractivity contribution in [2.24, 2.45) is 11.0 Å². The number of ether oxygens (including phenoxy) is 1. The van der Waals surface area contributed by atoms with E-state index in [0.717, 1.165) is 56.2 Å². The second-order valence-electron chi connectivity index (χ2n) is 8.36. The third-order valence-corrected chi connectivity index (χ3v) is 6.37. The fraction of sp³-hybridized carbons (Fsp3) is 0.417. The average molecular weight is 456 g/mol. The molecule has 1 atom stereocenters. The van der Waals surface area contributed by atoms with Gasteiger partial charge in [-0.15, -0.1) is 0 Å². The number of likely N-dealkylation sites (N-methyl/N-ethyl adjacent to an activating group) is 1. The van der Waals surface area contributed by atoms with E-state index in [9.17, 15) is 4.79 Å². The van der Waals surface area contributed by atoms with Crippen molar-refractivity contribution in [2.75, 3.05) is 58.7 Å². The Kier molecular flexibility index (Phi) is 7.29. The van der Waals surface area contributed by atoms with Gasteiger partial charge in [0.1, 0.15) is 5.75 Å². The van der Waals surface area contributed by atoms with Gasteiger partial charge < -0.3 is 19.9 Å². The molecular weight excluding hydrogens is 426 g/mol. The van der Waals surface area contributed by atoms with Crippen LogP contribution < -0.4 is 10.1 Å². The van der Waals surface area contributed by atoms with Gasteiger partial charge in [0.25, 0.3) is 0 Å². The largest absolute Gasteiger partial charge is 0.497 e. The van der Waals surface area contributed by atoms with Crippen molar-refractivity contribution in [1.29, 1.82) is 0 Å². The number of halogens is 1. The van der Waals surface area contributed by atoms with Crippen LogP contribution in [-0.4, -0.2) is 80.0 Å². The number of anilines is 1. The van der Waals surface area contributed by atoms with Gasteiger partial charge in [0.15, 0.2) is 0 Å². The molecule has 2 aliphatic heterocycles. The third-order valence-electron chi connectivity index (χ3n) is 6.11. The van der Waals surface area contributed by atoms with Crippen LogP contribution >= 0.6 is 11.6 Å². The molecule has 2 aromatic rings. The minimum atomic E-state index is -0.233. The van der Waals surface area contributed by atoms with Crippen LogP contribution in [0.2, 0.25) is 5.02 Å². The van der Waals surface area contributed by atoms with Gasteiger partial charge in [-0.3, -0.25) is 0 Å². The zero-order chi connectivity index (χ0) is 22.5. The zero-order valence-electron chi connectivity index (χ0n) is 18.6. The SMILES string of the molecule is COc1ccc(NC(=O)N2CC(CCN3CCN(C)CC3)C(c3ccc(Cl)cc3)=N2)cc1. The fourth-order valence-corrected chi connectivity index (χ4v) is 4.22. The summed E-state index contributed by atoms with van der Waals surface area (Å²) in [6, 6.07) is 14.8. The van der Waals surface area contributed by atoms with E-state index in [0.29, 0.717) is 17.3 Å². The lowest BCUT2D eigenvalue weighted by atomic mass is 9.94. The van der Waals surface area contributed by atoms with Crippen molar-refractivity contribution in [3.8, 4) is 5.75 Å². The number of nitrogens with zero attached hydrogens (tertiary/aromatic N) is 4. The van der Waals surface area contributed by atoms with Gasteiger partial charge in [0, 0.05) is 42.8 Å². The molecule has 4 rings (SSSR count). The third kappa shape index (κ3) is 5.59. The van der Waals surface area contributed by atoms with Crippen molar-refractivity contribution in [3.63, 3.8) is 0 Å². The summed E-state index contributed by atoms with van der Waals surface area (Å²) >= 11 is 6.09. The normalized spacial score (nSPS) is 19.7. The van der Waals surface area contributed by atoms with Crippen molar-refractivity contribution in [1.82, 2.24) is 14.8 Å². The molecule has 0 aliphatic carbocycles. The summed E-state index contributed by atoms with van der Waals surface area (Å²) in [6.45, 7) is 5.92. The Balaban J connectivity index is 1.45. The molecule has 32 heavy (non-hydrogen) atoms. The minimum Gasteiger partial charge on any atom is -0.497 e. The fourth-order valence-electron chi connectivity index (χ4n) is 4.09. The molecule has 2 heterocycles. The number of methoxy groups -OCH3 is 1. The van der Waals surface area contributed by atoms with Crippen LogP contribution in [0.5, 0.6) is 5.75 Å². The molecule has 1 saturated heterocycles. The van der Waals surface area contributed by atoms with E-state index in [2.05, 4.69) is 22.2 Å². The van der Waals surface area contributed by atoms with E-state index in [1.54, 1.807) is 12.1 Å². The van der Waals surface area contributed by atoms with Crippen LogP contribution in [0.1, 0.15) is 12.0 Å². The Labute approximate surface area is 194 Å². The van der Waals surface area contributed by atoms with Crippen molar-refractivity contribution >= 4 is 29.0 Å². The summed E-state index contributed by atoms with van der Waals surface area (Å²) in [5.41, 5.74) is 2.66. The van der Waals surface area contributed by atoms with Gasteiger partial charge in [0.05, 0.1) is 19.4 Å². The molecule has 2 aliphatic rings. The lowest BCUT2D eigenvalue weighted by Crippen LogP contribution is -2.45. The quantitative estimate of drug-likeness (QED) is 0.718. The Morgan fingerprint density at radius 1 is 1.09 bits per heavy atom. The van der Waals surface area contributed by atoms with Crippen molar-refractivity contribution < 1.29 is 9.53 Å². The molecule has 170 valence electrons.